The predicted molar refractivity (Wildman–Crippen MR) is 105 cm³/mol. The Morgan fingerprint density at radius 2 is 1.80 bits per heavy atom. The van der Waals surface area contributed by atoms with Crippen molar-refractivity contribution in [1.29, 1.82) is 0 Å². The van der Waals surface area contributed by atoms with Crippen LogP contribution in [0.3, 0.4) is 0 Å². The highest BCUT2D eigenvalue weighted by atomic mass is 15.3. The molecule has 3 heterocycles. The number of anilines is 2. The second-order valence-electron chi connectivity index (χ2n) is 7.21. The smallest absolute Gasteiger partial charge is 0.0474 e. The summed E-state index contributed by atoms with van der Waals surface area (Å²) in [6, 6.07) is 18.0. The van der Waals surface area contributed by atoms with Crippen LogP contribution in [0, 0.1) is 0 Å². The Kier molecular flexibility index (Phi) is 3.63. The van der Waals surface area contributed by atoms with Gasteiger partial charge in [-0.25, -0.2) is 0 Å². The van der Waals surface area contributed by atoms with Gasteiger partial charge in [-0.15, -0.1) is 0 Å². The van der Waals surface area contributed by atoms with Gasteiger partial charge in [0.25, 0.3) is 0 Å². The molecular formula is C21H24N4. The third kappa shape index (κ3) is 2.76. The van der Waals surface area contributed by atoms with Gasteiger partial charge in [-0.3, -0.25) is 4.90 Å². The second kappa shape index (κ2) is 6.12. The van der Waals surface area contributed by atoms with Crippen LogP contribution in [-0.2, 0) is 6.42 Å². The lowest BCUT2D eigenvalue weighted by molar-refractivity contribution is 0.249. The van der Waals surface area contributed by atoms with Crippen molar-refractivity contribution in [1.82, 2.24) is 9.88 Å². The van der Waals surface area contributed by atoms with E-state index in [0.717, 1.165) is 39.1 Å². The number of benzene rings is 2. The van der Waals surface area contributed by atoms with Gasteiger partial charge in [0.15, 0.2) is 0 Å². The number of hydrogen-bond acceptors (Lipinski definition) is 3. The number of para-hydroxylation sites is 1. The minimum atomic E-state index is 0.553. The molecule has 1 aromatic heterocycles. The zero-order valence-corrected chi connectivity index (χ0v) is 14.4. The number of hydrogen-bond donors (Lipinski definition) is 2. The minimum absolute atomic E-state index is 0.553. The van der Waals surface area contributed by atoms with E-state index in [1.807, 2.05) is 6.20 Å². The molecule has 2 aromatic carbocycles. The van der Waals surface area contributed by atoms with Crippen LogP contribution in [0.15, 0.2) is 54.7 Å². The molecule has 0 amide bonds. The van der Waals surface area contributed by atoms with E-state index < -0.39 is 0 Å². The molecule has 4 nitrogen and oxygen atoms in total. The normalized spacial score (nSPS) is 20.6. The Labute approximate surface area is 148 Å². The number of rotatable bonds is 3. The Bertz CT molecular complexity index is 851. The fraction of sp³-hybridized carbons (Fsp3) is 0.333. The molecule has 0 bridgehead atoms. The van der Waals surface area contributed by atoms with Gasteiger partial charge in [0.1, 0.15) is 0 Å². The van der Waals surface area contributed by atoms with Crippen molar-refractivity contribution >= 4 is 22.3 Å². The molecule has 3 aromatic rings. The highest BCUT2D eigenvalue weighted by Crippen LogP contribution is 2.28. The number of nitrogens with one attached hydrogen (secondary N) is 2. The summed E-state index contributed by atoms with van der Waals surface area (Å²) in [5, 5.41) is 5.02. The van der Waals surface area contributed by atoms with Gasteiger partial charge in [0.05, 0.1) is 0 Å². The first-order valence-corrected chi connectivity index (χ1v) is 9.25. The minimum Gasteiger partial charge on any atom is -0.380 e. The number of fused-ring (bicyclic) bond motifs is 2. The van der Waals surface area contributed by atoms with E-state index in [9.17, 15) is 0 Å². The van der Waals surface area contributed by atoms with E-state index in [1.54, 1.807) is 0 Å². The predicted octanol–water partition coefficient (Wildman–Crippen LogP) is 3.33. The molecule has 4 heteroatoms. The average molecular weight is 332 g/mol. The van der Waals surface area contributed by atoms with Crippen LogP contribution in [0.4, 0.5) is 11.4 Å². The maximum absolute atomic E-state index is 3.69. The Morgan fingerprint density at radius 1 is 0.920 bits per heavy atom. The van der Waals surface area contributed by atoms with Crippen LogP contribution in [0.5, 0.6) is 0 Å². The lowest BCUT2D eigenvalue weighted by atomic mass is 10.1. The van der Waals surface area contributed by atoms with Gasteiger partial charge in [-0.2, -0.15) is 0 Å². The molecule has 25 heavy (non-hydrogen) atoms. The molecule has 1 fully saturated rings. The van der Waals surface area contributed by atoms with Crippen molar-refractivity contribution in [2.45, 2.75) is 12.5 Å². The summed E-state index contributed by atoms with van der Waals surface area (Å²) in [6.07, 6.45) is 3.19. The fourth-order valence-electron chi connectivity index (χ4n) is 4.31. The monoisotopic (exact) mass is 332 g/mol. The fourth-order valence-corrected chi connectivity index (χ4v) is 4.31. The van der Waals surface area contributed by atoms with Gasteiger partial charge in [0.2, 0.25) is 0 Å². The highest BCUT2D eigenvalue weighted by molar-refractivity contribution is 5.92. The summed E-state index contributed by atoms with van der Waals surface area (Å²) in [4.78, 5) is 8.46. The first-order valence-electron chi connectivity index (χ1n) is 9.25. The van der Waals surface area contributed by atoms with Crippen LogP contribution in [-0.4, -0.2) is 48.6 Å². The molecule has 0 spiro atoms. The van der Waals surface area contributed by atoms with Crippen LogP contribution in [0.1, 0.15) is 5.56 Å². The zero-order valence-electron chi connectivity index (χ0n) is 14.4. The van der Waals surface area contributed by atoms with Crippen molar-refractivity contribution in [3.8, 4) is 0 Å². The van der Waals surface area contributed by atoms with E-state index >= 15 is 0 Å². The quantitative estimate of drug-likeness (QED) is 0.772. The topological polar surface area (TPSA) is 34.3 Å². The molecule has 1 atom stereocenters. The van der Waals surface area contributed by atoms with Gasteiger partial charge < -0.3 is 15.2 Å². The van der Waals surface area contributed by atoms with E-state index in [2.05, 4.69) is 68.6 Å². The van der Waals surface area contributed by atoms with Crippen LogP contribution < -0.4 is 10.2 Å². The highest BCUT2D eigenvalue weighted by Gasteiger charge is 2.25. The third-order valence-corrected chi connectivity index (χ3v) is 5.61. The summed E-state index contributed by atoms with van der Waals surface area (Å²) in [5.41, 5.74) is 5.38. The first kappa shape index (κ1) is 14.8. The number of piperazine rings is 1. The van der Waals surface area contributed by atoms with Gasteiger partial charge in [-0.1, -0.05) is 24.3 Å². The van der Waals surface area contributed by atoms with Crippen molar-refractivity contribution in [3.63, 3.8) is 0 Å². The van der Waals surface area contributed by atoms with E-state index in [4.69, 9.17) is 0 Å². The molecule has 0 radical (unpaired) electrons. The Balaban J connectivity index is 1.22. The third-order valence-electron chi connectivity index (χ3n) is 5.61. The molecule has 1 unspecified atom stereocenters. The maximum atomic E-state index is 3.69. The van der Waals surface area contributed by atoms with Crippen molar-refractivity contribution < 1.29 is 0 Å². The van der Waals surface area contributed by atoms with E-state index in [1.165, 1.54) is 27.8 Å². The van der Waals surface area contributed by atoms with Gasteiger partial charge >= 0.3 is 0 Å². The first-order chi connectivity index (χ1) is 12.4. The Hall–Kier alpha value is -2.46. The van der Waals surface area contributed by atoms with E-state index in [-0.39, 0.29) is 0 Å². The van der Waals surface area contributed by atoms with Crippen LogP contribution >= 0.6 is 0 Å². The lowest BCUT2D eigenvalue weighted by Gasteiger charge is -2.37. The molecule has 5 rings (SSSR count). The molecule has 2 aliphatic heterocycles. The molecule has 2 N–H and O–H groups in total. The van der Waals surface area contributed by atoms with Crippen molar-refractivity contribution in [2.75, 3.05) is 42.9 Å². The summed E-state index contributed by atoms with van der Waals surface area (Å²) in [6.45, 7) is 5.61. The maximum Gasteiger partial charge on any atom is 0.0474 e. The average Bonchev–Trinajstić information content (AvgIpc) is 3.28. The summed E-state index contributed by atoms with van der Waals surface area (Å²) < 4.78 is 0. The van der Waals surface area contributed by atoms with Crippen molar-refractivity contribution in [3.05, 3.63) is 60.3 Å². The largest absolute Gasteiger partial charge is 0.380 e. The number of H-pyrrole nitrogens is 1. The molecule has 0 aliphatic carbocycles. The van der Waals surface area contributed by atoms with Crippen LogP contribution in [0.25, 0.3) is 10.9 Å². The van der Waals surface area contributed by atoms with Gasteiger partial charge in [-0.05, 0) is 36.2 Å². The van der Waals surface area contributed by atoms with Gasteiger partial charge in [0, 0.05) is 67.2 Å². The molecule has 2 aliphatic rings. The van der Waals surface area contributed by atoms with E-state index in [0.29, 0.717) is 6.04 Å². The SMILES string of the molecule is c1ccc2c(c1)CC(CN1CCN(c3cccc4[nH]ccc34)CC1)N2. The Morgan fingerprint density at radius 3 is 2.68 bits per heavy atom. The zero-order chi connectivity index (χ0) is 16.6. The number of aromatic amines is 1. The summed E-state index contributed by atoms with van der Waals surface area (Å²) in [7, 11) is 0. The molecule has 128 valence electrons. The molecule has 1 saturated heterocycles. The number of nitrogens with zero attached hydrogens (tertiary/aromatic N) is 2. The lowest BCUT2D eigenvalue weighted by Crippen LogP contribution is -2.49. The second-order valence-corrected chi connectivity index (χ2v) is 7.21. The molecular weight excluding hydrogens is 308 g/mol. The summed E-state index contributed by atoms with van der Waals surface area (Å²) in [5.74, 6) is 0. The van der Waals surface area contributed by atoms with Crippen molar-refractivity contribution in [2.24, 2.45) is 0 Å². The van der Waals surface area contributed by atoms with Crippen LogP contribution in [0.2, 0.25) is 0 Å². The summed E-state index contributed by atoms with van der Waals surface area (Å²) >= 11 is 0. The number of aromatic nitrogens is 1. The molecule has 0 saturated carbocycles. The standard InChI is InChI=1S/C21H24N4/c1-2-5-19-16(4-1)14-17(23-19)15-24-10-12-25(13-11-24)21-7-3-6-20-18(21)8-9-22-20/h1-9,17,22-23H,10-15H2.